The highest BCUT2D eigenvalue weighted by molar-refractivity contribution is 8.76. The number of ether oxygens (including phenoxy) is 2. The summed E-state index contributed by atoms with van der Waals surface area (Å²) in [6, 6.07) is -3.65. The Kier molecular flexibility index (Phi) is 18.1. The first kappa shape index (κ1) is 37.6. The van der Waals surface area contributed by atoms with Crippen LogP contribution < -0.4 is 20.1 Å². The van der Waals surface area contributed by atoms with Gasteiger partial charge < -0.3 is 35.4 Å². The van der Waals surface area contributed by atoms with E-state index >= 15 is 0 Å². The first-order valence-corrected chi connectivity index (χ1v) is 16.8. The van der Waals surface area contributed by atoms with Crippen LogP contribution in [-0.2, 0) is 23.9 Å². The third-order valence-corrected chi connectivity index (χ3v) is 9.82. The number of aliphatic hydroxyl groups excluding tert-OH is 1. The summed E-state index contributed by atoms with van der Waals surface area (Å²) in [4.78, 5) is 60.6. The lowest BCUT2D eigenvalue weighted by molar-refractivity contribution is -0.143. The monoisotopic (exact) mass is 708 g/mol. The molecule has 2 amide bonds. The predicted molar refractivity (Wildman–Crippen MR) is 169 cm³/mol. The van der Waals surface area contributed by atoms with E-state index in [9.17, 15) is 34.2 Å². The number of esters is 2. The van der Waals surface area contributed by atoms with Gasteiger partial charge in [-0.15, -0.1) is 24.0 Å². The minimum atomic E-state index is -1.25. The number of carbonyl (C=O) groups is 5. The van der Waals surface area contributed by atoms with Gasteiger partial charge >= 0.3 is 11.9 Å². The van der Waals surface area contributed by atoms with E-state index in [2.05, 4.69) is 50.1 Å². The van der Waals surface area contributed by atoms with Crippen LogP contribution >= 0.6 is 82.5 Å². The molecule has 0 radical (unpaired) electrons. The van der Waals surface area contributed by atoms with E-state index in [0.29, 0.717) is 11.3 Å². The van der Waals surface area contributed by atoms with Crippen molar-refractivity contribution < 1.29 is 48.8 Å². The van der Waals surface area contributed by atoms with E-state index in [1.165, 1.54) is 5.37 Å². The van der Waals surface area contributed by atoms with Crippen LogP contribution in [0.3, 0.4) is 0 Å². The van der Waals surface area contributed by atoms with Gasteiger partial charge in [0.2, 0.25) is 5.12 Å². The van der Waals surface area contributed by atoms with Gasteiger partial charge in [0, 0.05) is 17.3 Å². The first-order chi connectivity index (χ1) is 19.4. The van der Waals surface area contributed by atoms with Gasteiger partial charge in [0.25, 0.3) is 11.8 Å². The molecule has 0 aliphatic heterocycles. The zero-order valence-electron chi connectivity index (χ0n) is 21.4. The molecular formula is C20H28N4O10S7. The number of hydrogen-bond acceptors (Lipinski definition) is 18. The molecule has 2 unspecified atom stereocenters. The molecule has 14 nitrogen and oxygen atoms in total. The van der Waals surface area contributed by atoms with E-state index in [0.717, 1.165) is 47.9 Å². The maximum atomic E-state index is 12.9. The summed E-state index contributed by atoms with van der Waals surface area (Å²) in [6.07, 6.45) is 0. The molecule has 7 N–H and O–H groups in total. The molecule has 0 fully saturated rings. The minimum absolute atomic E-state index is 0.00345. The fourth-order valence-electron chi connectivity index (χ4n) is 2.49. The molecule has 0 spiro atoms. The van der Waals surface area contributed by atoms with Gasteiger partial charge in [-0.2, -0.15) is 12.6 Å². The largest absolute Gasteiger partial charge is 0.503 e. The smallest absolute Gasteiger partial charge is 0.329 e. The van der Waals surface area contributed by atoms with Crippen LogP contribution in [0, 0.1) is 0 Å². The third-order valence-electron chi connectivity index (χ3n) is 4.66. The number of nitrogens with one attached hydrogen (secondary N) is 4. The van der Waals surface area contributed by atoms with Crippen LogP contribution in [0.4, 0.5) is 0 Å². The Morgan fingerprint density at radius 2 is 1.46 bits per heavy atom. The van der Waals surface area contributed by atoms with Gasteiger partial charge in [0.15, 0.2) is 11.5 Å². The van der Waals surface area contributed by atoms with Gasteiger partial charge in [-0.05, 0) is 16.3 Å². The molecule has 0 saturated heterocycles. The zero-order valence-corrected chi connectivity index (χ0v) is 27.2. The summed E-state index contributed by atoms with van der Waals surface area (Å²) in [5.74, 6) is -5.44. The number of thiophene rings is 1. The van der Waals surface area contributed by atoms with E-state index in [-0.39, 0.29) is 23.9 Å². The van der Waals surface area contributed by atoms with Crippen LogP contribution in [0.2, 0.25) is 0 Å². The Bertz CT molecular complexity index is 1090. The lowest BCUT2D eigenvalue weighted by Gasteiger charge is -2.17. The van der Waals surface area contributed by atoms with E-state index in [4.69, 9.17) is 22.1 Å². The van der Waals surface area contributed by atoms with Gasteiger partial charge in [-0.3, -0.25) is 19.1 Å². The molecule has 4 atom stereocenters. The van der Waals surface area contributed by atoms with Crippen LogP contribution in [0.1, 0.15) is 19.3 Å². The maximum Gasteiger partial charge on any atom is 0.329 e. The average molecular weight is 709 g/mol. The second-order valence-electron chi connectivity index (χ2n) is 7.47. The number of carbonyl (C=O) groups excluding carboxylic acids is 5. The van der Waals surface area contributed by atoms with Crippen molar-refractivity contribution in [3.05, 3.63) is 9.75 Å². The highest BCUT2D eigenvalue weighted by Crippen LogP contribution is 2.40. The Labute approximate surface area is 267 Å². The van der Waals surface area contributed by atoms with Gasteiger partial charge in [0.1, 0.15) is 21.8 Å². The van der Waals surface area contributed by atoms with E-state index in [1.807, 2.05) is 0 Å². The SMILES string of the molecule is COC(=O)C(CSN[C@@H](CS)C(=O)S)NC(=O)c1sc(C(=O)NC(CSSN[C@@H](C=S)CO)C(=O)OC)c(O)c1O. The molecule has 1 aromatic rings. The summed E-state index contributed by atoms with van der Waals surface area (Å²) >= 11 is 13.8. The Morgan fingerprint density at radius 1 is 0.951 bits per heavy atom. The van der Waals surface area contributed by atoms with Crippen molar-refractivity contribution in [3.63, 3.8) is 0 Å². The molecule has 230 valence electrons. The average Bonchev–Trinajstić information content (AvgIpc) is 3.26. The number of rotatable bonds is 19. The molecule has 0 aromatic carbocycles. The molecule has 1 heterocycles. The number of aliphatic hydroxyl groups is 1. The van der Waals surface area contributed by atoms with Crippen molar-refractivity contribution in [1.82, 2.24) is 20.1 Å². The van der Waals surface area contributed by atoms with Crippen LogP contribution in [0.5, 0.6) is 11.5 Å². The lowest BCUT2D eigenvalue weighted by Crippen LogP contribution is -2.44. The topological polar surface area (TPSA) is 213 Å². The number of hydrogen-bond donors (Lipinski definition) is 9. The summed E-state index contributed by atoms with van der Waals surface area (Å²) in [5.41, 5.74) is 0. The van der Waals surface area contributed by atoms with Crippen LogP contribution in [-0.4, -0.2) is 112 Å². The summed E-state index contributed by atoms with van der Waals surface area (Å²) in [7, 11) is 4.38. The molecular weight excluding hydrogens is 681 g/mol. The molecule has 0 bridgehead atoms. The standard InChI is InChI=1S/C20H28N4O10S7/c1-33-18(30)10(6-38-24-9(5-36)20(32)37)21-16(28)14-12(26)13(27)15(40-14)17(29)22-11(19(31)34-2)7-39-41-23-8(3-25)4-35/h4,8-11,23-27,36H,3,5-7H2,1-2H3,(H,21,28)(H,22,29)(H,32,37)/t8-,9+,10?,11?/m1/s1. The predicted octanol–water partition coefficient (Wildman–Crippen LogP) is -0.0587. The van der Waals surface area contributed by atoms with Crippen molar-refractivity contribution in [2.45, 2.75) is 24.2 Å². The Morgan fingerprint density at radius 3 is 1.88 bits per heavy atom. The molecule has 1 aromatic heterocycles. The normalized spacial score (nSPS) is 13.8. The van der Waals surface area contributed by atoms with Crippen molar-refractivity contribution in [3.8, 4) is 11.5 Å². The lowest BCUT2D eigenvalue weighted by atomic mass is 10.2. The summed E-state index contributed by atoms with van der Waals surface area (Å²) in [6.45, 7) is -0.241. The molecule has 0 saturated carbocycles. The molecule has 0 aliphatic rings. The second kappa shape index (κ2) is 19.7. The molecule has 0 aliphatic carbocycles. The van der Waals surface area contributed by atoms with Crippen LogP contribution in [0.15, 0.2) is 0 Å². The highest BCUT2D eigenvalue weighted by Gasteiger charge is 2.32. The minimum Gasteiger partial charge on any atom is -0.503 e. The number of amides is 2. The molecule has 21 heteroatoms. The van der Waals surface area contributed by atoms with E-state index in [1.54, 1.807) is 0 Å². The van der Waals surface area contributed by atoms with Crippen molar-refractivity contribution in [2.24, 2.45) is 0 Å². The number of thiocarbonyl (C=S) groups is 1. The maximum absolute atomic E-state index is 12.9. The number of aromatic hydroxyl groups is 2. The Balaban J connectivity index is 2.97. The van der Waals surface area contributed by atoms with E-state index < -0.39 is 74.3 Å². The molecule has 41 heavy (non-hydrogen) atoms. The van der Waals surface area contributed by atoms with Gasteiger partial charge in [-0.25, -0.2) is 14.3 Å². The number of thiol groups is 2. The van der Waals surface area contributed by atoms with Crippen molar-refractivity contribution in [2.75, 3.05) is 38.1 Å². The third kappa shape index (κ3) is 12.0. The number of methoxy groups -OCH3 is 2. The second-order valence-corrected chi connectivity index (χ2v) is 12.6. The van der Waals surface area contributed by atoms with Gasteiger partial charge in [-0.1, -0.05) is 35.0 Å². The van der Waals surface area contributed by atoms with Crippen molar-refractivity contribution in [1.29, 1.82) is 0 Å². The highest BCUT2D eigenvalue weighted by atomic mass is 33.1. The fourth-order valence-corrected chi connectivity index (χ4v) is 7.22. The molecule has 1 rings (SSSR count). The summed E-state index contributed by atoms with van der Waals surface area (Å²) in [5, 5.41) is 35.4. The fraction of sp³-hybridized carbons (Fsp3) is 0.500. The summed E-state index contributed by atoms with van der Waals surface area (Å²) < 4.78 is 15.0. The first-order valence-electron chi connectivity index (χ1n) is 11.1. The van der Waals surface area contributed by atoms with Gasteiger partial charge in [0.05, 0.1) is 32.9 Å². The quantitative estimate of drug-likeness (QED) is 0.0230. The zero-order chi connectivity index (χ0) is 31.1. The van der Waals surface area contributed by atoms with Crippen molar-refractivity contribution >= 4 is 117 Å². The van der Waals surface area contributed by atoms with Crippen LogP contribution in [0.25, 0.3) is 0 Å². The Hall–Kier alpha value is -1.43.